The van der Waals surface area contributed by atoms with Crippen LogP contribution in [0.2, 0.25) is 0 Å². The maximum Gasteiger partial charge on any atom is 0.261 e. The number of rotatable bonds is 1. The average molecular weight is 152 g/mol. The molecule has 11 heavy (non-hydrogen) atoms. The van der Waals surface area contributed by atoms with Gasteiger partial charge in [-0.05, 0) is 0 Å². The van der Waals surface area contributed by atoms with E-state index in [1.807, 2.05) is 0 Å². The SMILES string of the molecule is CN=Cc1c(N)nc[nH]c1=O. The molecule has 3 N–H and O–H groups in total. The highest BCUT2D eigenvalue weighted by Crippen LogP contribution is 1.94. The maximum absolute atomic E-state index is 11.0. The fourth-order valence-corrected chi connectivity index (χ4v) is 0.678. The first-order chi connectivity index (χ1) is 5.25. The number of anilines is 1. The number of aromatic amines is 1. The van der Waals surface area contributed by atoms with Crippen LogP contribution >= 0.6 is 0 Å². The summed E-state index contributed by atoms with van der Waals surface area (Å²) in [5.41, 5.74) is 5.41. The van der Waals surface area contributed by atoms with E-state index >= 15 is 0 Å². The van der Waals surface area contributed by atoms with E-state index in [0.29, 0.717) is 5.56 Å². The molecular formula is C6H8N4O. The summed E-state index contributed by atoms with van der Waals surface area (Å²) in [6.07, 6.45) is 2.63. The smallest absolute Gasteiger partial charge is 0.261 e. The minimum absolute atomic E-state index is 0.194. The average Bonchev–Trinajstić information content (AvgIpc) is 1.97. The van der Waals surface area contributed by atoms with Crippen LogP contribution in [0.1, 0.15) is 5.56 Å². The van der Waals surface area contributed by atoms with Gasteiger partial charge in [-0.1, -0.05) is 0 Å². The van der Waals surface area contributed by atoms with Gasteiger partial charge < -0.3 is 10.7 Å². The first-order valence-electron chi connectivity index (χ1n) is 3.01. The molecule has 58 valence electrons. The minimum Gasteiger partial charge on any atom is -0.383 e. The van der Waals surface area contributed by atoms with Gasteiger partial charge in [-0.15, -0.1) is 0 Å². The predicted molar refractivity (Wildman–Crippen MR) is 42.8 cm³/mol. The predicted octanol–water partition coefficient (Wildman–Crippen LogP) is -0.599. The van der Waals surface area contributed by atoms with Crippen LogP contribution in [0.4, 0.5) is 5.82 Å². The van der Waals surface area contributed by atoms with Gasteiger partial charge >= 0.3 is 0 Å². The van der Waals surface area contributed by atoms with Gasteiger partial charge in [0, 0.05) is 13.3 Å². The lowest BCUT2D eigenvalue weighted by Crippen LogP contribution is -2.15. The first-order valence-corrected chi connectivity index (χ1v) is 3.01. The third-order valence-electron chi connectivity index (χ3n) is 1.18. The molecule has 0 aliphatic carbocycles. The van der Waals surface area contributed by atoms with Crippen molar-refractivity contribution in [2.75, 3.05) is 12.8 Å². The molecule has 1 rings (SSSR count). The highest BCUT2D eigenvalue weighted by atomic mass is 16.1. The Morgan fingerprint density at radius 3 is 3.09 bits per heavy atom. The van der Waals surface area contributed by atoms with Crippen molar-refractivity contribution in [3.63, 3.8) is 0 Å². The number of hydrogen-bond donors (Lipinski definition) is 2. The van der Waals surface area contributed by atoms with Crippen LogP contribution in [0, 0.1) is 0 Å². The van der Waals surface area contributed by atoms with Gasteiger partial charge in [0.05, 0.1) is 11.9 Å². The van der Waals surface area contributed by atoms with Gasteiger partial charge in [0.1, 0.15) is 5.82 Å². The summed E-state index contributed by atoms with van der Waals surface area (Å²) in [5, 5.41) is 0. The summed E-state index contributed by atoms with van der Waals surface area (Å²) in [7, 11) is 1.56. The molecule has 0 radical (unpaired) electrons. The van der Waals surface area contributed by atoms with Gasteiger partial charge in [-0.2, -0.15) is 0 Å². The van der Waals surface area contributed by atoms with E-state index in [-0.39, 0.29) is 11.4 Å². The molecule has 0 fully saturated rings. The lowest BCUT2D eigenvalue weighted by atomic mass is 10.3. The molecule has 0 amide bonds. The number of nitrogens with two attached hydrogens (primary N) is 1. The van der Waals surface area contributed by atoms with E-state index in [4.69, 9.17) is 5.73 Å². The number of nitrogens with zero attached hydrogens (tertiary/aromatic N) is 2. The van der Waals surface area contributed by atoms with E-state index in [1.54, 1.807) is 7.05 Å². The Morgan fingerprint density at radius 1 is 1.82 bits per heavy atom. The summed E-state index contributed by atoms with van der Waals surface area (Å²) < 4.78 is 0. The second-order valence-corrected chi connectivity index (χ2v) is 1.92. The van der Waals surface area contributed by atoms with Crippen molar-refractivity contribution in [2.24, 2.45) is 4.99 Å². The van der Waals surface area contributed by atoms with E-state index in [0.717, 1.165) is 0 Å². The number of hydrogen-bond acceptors (Lipinski definition) is 4. The Bertz CT molecular complexity index is 328. The highest BCUT2D eigenvalue weighted by molar-refractivity contribution is 5.84. The highest BCUT2D eigenvalue weighted by Gasteiger charge is 1.99. The molecule has 0 aromatic carbocycles. The van der Waals surface area contributed by atoms with E-state index in [2.05, 4.69) is 15.0 Å². The third kappa shape index (κ3) is 1.43. The van der Waals surface area contributed by atoms with Crippen molar-refractivity contribution < 1.29 is 0 Å². The van der Waals surface area contributed by atoms with Crippen LogP contribution in [-0.2, 0) is 0 Å². The topological polar surface area (TPSA) is 84.1 Å². The normalized spacial score (nSPS) is 10.6. The van der Waals surface area contributed by atoms with E-state index in [9.17, 15) is 4.79 Å². The molecule has 1 heterocycles. The first kappa shape index (κ1) is 7.46. The summed E-state index contributed by atoms with van der Waals surface area (Å²) in [4.78, 5) is 20.7. The molecule has 0 saturated carbocycles. The van der Waals surface area contributed by atoms with Crippen molar-refractivity contribution in [1.29, 1.82) is 0 Å². The molecule has 1 aromatic heterocycles. The third-order valence-corrected chi connectivity index (χ3v) is 1.18. The zero-order chi connectivity index (χ0) is 8.27. The molecule has 0 aliphatic heterocycles. The van der Waals surface area contributed by atoms with Crippen LogP contribution in [0.25, 0.3) is 0 Å². The Morgan fingerprint density at radius 2 is 2.55 bits per heavy atom. The van der Waals surface area contributed by atoms with Crippen molar-refractivity contribution in [2.45, 2.75) is 0 Å². The van der Waals surface area contributed by atoms with Crippen LogP contribution in [0.5, 0.6) is 0 Å². The summed E-state index contributed by atoms with van der Waals surface area (Å²) in [5.74, 6) is 0.194. The molecule has 1 aromatic rings. The standard InChI is InChI=1S/C6H8N4O/c1-8-2-4-5(7)9-3-10-6(4)11/h2-3H,1H3,(H3,7,9,10,11). The largest absolute Gasteiger partial charge is 0.383 e. The summed E-state index contributed by atoms with van der Waals surface area (Å²) in [6.45, 7) is 0. The van der Waals surface area contributed by atoms with Crippen molar-refractivity contribution in [3.8, 4) is 0 Å². The lowest BCUT2D eigenvalue weighted by molar-refractivity contribution is 1.12. The number of aliphatic imine (C=N–C) groups is 1. The van der Waals surface area contributed by atoms with Crippen LogP contribution in [0.15, 0.2) is 16.1 Å². The van der Waals surface area contributed by atoms with E-state index < -0.39 is 0 Å². The fraction of sp³-hybridized carbons (Fsp3) is 0.167. The zero-order valence-electron chi connectivity index (χ0n) is 6.03. The van der Waals surface area contributed by atoms with Gasteiger partial charge in [0.2, 0.25) is 0 Å². The Labute approximate surface area is 63.0 Å². The van der Waals surface area contributed by atoms with E-state index in [1.165, 1.54) is 12.5 Å². The van der Waals surface area contributed by atoms with Gasteiger partial charge in [-0.25, -0.2) is 4.98 Å². The monoisotopic (exact) mass is 152 g/mol. The number of nitrogens with one attached hydrogen (secondary N) is 1. The molecule has 0 saturated heterocycles. The minimum atomic E-state index is -0.275. The Hall–Kier alpha value is -1.65. The lowest BCUT2D eigenvalue weighted by Gasteiger charge is -1.93. The molecule has 0 bridgehead atoms. The molecular weight excluding hydrogens is 144 g/mol. The summed E-state index contributed by atoms with van der Waals surface area (Å²) >= 11 is 0. The quantitative estimate of drug-likeness (QED) is 0.527. The Balaban J connectivity index is 3.32. The Kier molecular flexibility index (Phi) is 2.00. The maximum atomic E-state index is 11.0. The fourth-order valence-electron chi connectivity index (χ4n) is 0.678. The summed E-state index contributed by atoms with van der Waals surface area (Å²) in [6, 6.07) is 0. The molecule has 5 nitrogen and oxygen atoms in total. The second-order valence-electron chi connectivity index (χ2n) is 1.92. The van der Waals surface area contributed by atoms with Crippen LogP contribution in [-0.4, -0.2) is 23.2 Å². The number of aromatic nitrogens is 2. The van der Waals surface area contributed by atoms with Gasteiger partial charge in [0.15, 0.2) is 0 Å². The molecule has 0 aliphatic rings. The molecule has 0 atom stereocenters. The van der Waals surface area contributed by atoms with Gasteiger partial charge in [-0.3, -0.25) is 9.79 Å². The number of nitrogen functional groups attached to an aromatic ring is 1. The zero-order valence-corrected chi connectivity index (χ0v) is 6.03. The van der Waals surface area contributed by atoms with Crippen LogP contribution < -0.4 is 11.3 Å². The second kappa shape index (κ2) is 2.96. The van der Waals surface area contributed by atoms with Crippen LogP contribution in [0.3, 0.4) is 0 Å². The molecule has 5 heteroatoms. The van der Waals surface area contributed by atoms with Crippen molar-refractivity contribution in [3.05, 3.63) is 22.2 Å². The van der Waals surface area contributed by atoms with Gasteiger partial charge in [0.25, 0.3) is 5.56 Å². The van der Waals surface area contributed by atoms with Crippen molar-refractivity contribution >= 4 is 12.0 Å². The molecule has 0 unspecified atom stereocenters. The molecule has 0 spiro atoms. The van der Waals surface area contributed by atoms with Crippen molar-refractivity contribution in [1.82, 2.24) is 9.97 Å². The number of H-pyrrole nitrogens is 1.